The van der Waals surface area contributed by atoms with E-state index in [1.165, 1.54) is 19.2 Å². The first-order chi connectivity index (χ1) is 14.0. The first kappa shape index (κ1) is 23.9. The monoisotopic (exact) mass is 453 g/mol. The van der Waals surface area contributed by atoms with Gasteiger partial charge in [-0.15, -0.1) is 11.8 Å². The fourth-order valence-corrected chi connectivity index (χ4v) is 3.02. The summed E-state index contributed by atoms with van der Waals surface area (Å²) in [6.07, 6.45) is -9.15. The Morgan fingerprint density at radius 2 is 1.63 bits per heavy atom. The molecule has 2 aromatic carbocycles. The normalized spacial score (nSPS) is 12.0. The Morgan fingerprint density at radius 1 is 0.967 bits per heavy atom. The number of ether oxygens (including phenoxy) is 2. The van der Waals surface area contributed by atoms with Crippen LogP contribution in [0.15, 0.2) is 47.4 Å². The number of benzene rings is 2. The lowest BCUT2D eigenvalue weighted by Gasteiger charge is -2.15. The fraction of sp³-hybridized carbons (Fsp3) is 0.316. The molecule has 0 fully saturated rings. The van der Waals surface area contributed by atoms with E-state index in [1.807, 2.05) is 0 Å². The second kappa shape index (κ2) is 10.1. The highest BCUT2D eigenvalue weighted by atomic mass is 32.2. The average molecular weight is 453 g/mol. The van der Waals surface area contributed by atoms with E-state index in [0.29, 0.717) is 0 Å². The minimum absolute atomic E-state index is 0.0115. The van der Waals surface area contributed by atoms with Gasteiger partial charge in [0.1, 0.15) is 12.4 Å². The molecule has 0 atom stereocenters. The van der Waals surface area contributed by atoms with Crippen LogP contribution in [0.1, 0.15) is 11.1 Å². The van der Waals surface area contributed by atoms with Crippen molar-refractivity contribution in [1.29, 1.82) is 0 Å². The number of alkyl halides is 6. The van der Waals surface area contributed by atoms with E-state index in [1.54, 1.807) is 0 Å². The Bertz CT molecular complexity index is 870. The molecule has 11 heteroatoms. The summed E-state index contributed by atoms with van der Waals surface area (Å²) in [6.45, 7) is 0.226. The SMILES string of the molecule is COCCOc1ccc(C(F)(F)F)cc1NC(=O)CSc1cccc(C(F)(F)F)c1. The molecule has 0 bridgehead atoms. The number of methoxy groups -OCH3 is 1. The number of anilines is 1. The van der Waals surface area contributed by atoms with Crippen LogP contribution in [0.4, 0.5) is 32.0 Å². The maximum absolute atomic E-state index is 13.0. The number of carbonyl (C=O) groups excluding carboxylic acids is 1. The largest absolute Gasteiger partial charge is 0.489 e. The van der Waals surface area contributed by atoms with Crippen LogP contribution in [0.5, 0.6) is 5.75 Å². The molecule has 2 aromatic rings. The molecule has 1 N–H and O–H groups in total. The molecule has 1 amide bonds. The quantitative estimate of drug-likeness (QED) is 0.327. The molecule has 0 saturated carbocycles. The van der Waals surface area contributed by atoms with Gasteiger partial charge in [-0.1, -0.05) is 6.07 Å². The van der Waals surface area contributed by atoms with E-state index in [4.69, 9.17) is 9.47 Å². The standard InChI is InChI=1S/C19H17F6NO3S/c1-28-7-8-29-16-6-5-13(19(23,24)25)10-15(16)26-17(27)11-30-14-4-2-3-12(9-14)18(20,21)22/h2-6,9-10H,7-8,11H2,1H3,(H,26,27). The van der Waals surface area contributed by atoms with Crippen LogP contribution in [-0.2, 0) is 21.9 Å². The van der Waals surface area contributed by atoms with Gasteiger partial charge in [0.15, 0.2) is 0 Å². The summed E-state index contributed by atoms with van der Waals surface area (Å²) >= 11 is 0.820. The van der Waals surface area contributed by atoms with Crippen LogP contribution in [-0.4, -0.2) is 32.0 Å². The molecule has 0 spiro atoms. The molecule has 2 rings (SSSR count). The van der Waals surface area contributed by atoms with Crippen molar-refractivity contribution in [2.75, 3.05) is 31.4 Å². The second-order valence-corrected chi connectivity index (χ2v) is 6.96. The van der Waals surface area contributed by atoms with Crippen molar-refractivity contribution in [3.05, 3.63) is 53.6 Å². The van der Waals surface area contributed by atoms with Crippen LogP contribution in [0.3, 0.4) is 0 Å². The minimum Gasteiger partial charge on any atom is -0.489 e. The van der Waals surface area contributed by atoms with E-state index < -0.39 is 29.4 Å². The van der Waals surface area contributed by atoms with Gasteiger partial charge in [0.2, 0.25) is 5.91 Å². The molecule has 4 nitrogen and oxygen atoms in total. The lowest BCUT2D eigenvalue weighted by molar-refractivity contribution is -0.138. The van der Waals surface area contributed by atoms with Crippen molar-refractivity contribution >= 4 is 23.4 Å². The summed E-state index contributed by atoms with van der Waals surface area (Å²) in [5, 5.41) is 2.32. The van der Waals surface area contributed by atoms with E-state index >= 15 is 0 Å². The highest BCUT2D eigenvalue weighted by Gasteiger charge is 2.32. The maximum atomic E-state index is 13.0. The molecule has 0 aliphatic carbocycles. The van der Waals surface area contributed by atoms with Crippen molar-refractivity contribution in [2.45, 2.75) is 17.2 Å². The molecule has 0 aliphatic heterocycles. The molecule has 0 aliphatic rings. The molecule has 0 heterocycles. The Hall–Kier alpha value is -2.40. The van der Waals surface area contributed by atoms with Crippen LogP contribution >= 0.6 is 11.8 Å². The number of amides is 1. The van der Waals surface area contributed by atoms with Crippen molar-refractivity contribution in [1.82, 2.24) is 0 Å². The third kappa shape index (κ3) is 7.13. The summed E-state index contributed by atoms with van der Waals surface area (Å²) in [5.41, 5.74) is -2.04. The van der Waals surface area contributed by atoms with Crippen LogP contribution < -0.4 is 10.1 Å². The average Bonchev–Trinajstić information content (AvgIpc) is 2.66. The maximum Gasteiger partial charge on any atom is 0.416 e. The zero-order chi connectivity index (χ0) is 22.4. The molecular weight excluding hydrogens is 436 g/mol. The zero-order valence-electron chi connectivity index (χ0n) is 15.6. The first-order valence-corrected chi connectivity index (χ1v) is 9.42. The summed E-state index contributed by atoms with van der Waals surface area (Å²) in [6, 6.07) is 7.02. The molecule has 164 valence electrons. The molecule has 0 radical (unpaired) electrons. The lowest BCUT2D eigenvalue weighted by atomic mass is 10.1. The van der Waals surface area contributed by atoms with Crippen molar-refractivity contribution < 1.29 is 40.6 Å². The summed E-state index contributed by atoms with van der Waals surface area (Å²) in [4.78, 5) is 12.4. The third-order valence-corrected chi connectivity index (χ3v) is 4.65. The van der Waals surface area contributed by atoms with Gasteiger partial charge in [0, 0.05) is 12.0 Å². The van der Waals surface area contributed by atoms with Crippen LogP contribution in [0.25, 0.3) is 0 Å². The van der Waals surface area contributed by atoms with Gasteiger partial charge < -0.3 is 14.8 Å². The molecule has 0 saturated heterocycles. The summed E-state index contributed by atoms with van der Waals surface area (Å²) < 4.78 is 87.3. The Kier molecular flexibility index (Phi) is 8.02. The van der Waals surface area contributed by atoms with Gasteiger partial charge in [0.25, 0.3) is 0 Å². The van der Waals surface area contributed by atoms with E-state index in [9.17, 15) is 31.1 Å². The van der Waals surface area contributed by atoms with Gasteiger partial charge in [-0.05, 0) is 36.4 Å². The number of hydrogen-bond acceptors (Lipinski definition) is 4. The Labute approximate surface area is 172 Å². The summed E-state index contributed by atoms with van der Waals surface area (Å²) in [7, 11) is 1.42. The van der Waals surface area contributed by atoms with Crippen LogP contribution in [0.2, 0.25) is 0 Å². The van der Waals surface area contributed by atoms with E-state index in [0.717, 1.165) is 42.1 Å². The van der Waals surface area contributed by atoms with Gasteiger partial charge in [0.05, 0.1) is 29.2 Å². The molecule has 0 unspecified atom stereocenters. The van der Waals surface area contributed by atoms with Crippen molar-refractivity contribution in [2.24, 2.45) is 0 Å². The van der Waals surface area contributed by atoms with Gasteiger partial charge >= 0.3 is 12.4 Å². The van der Waals surface area contributed by atoms with E-state index in [2.05, 4.69) is 5.32 Å². The van der Waals surface area contributed by atoms with Crippen molar-refractivity contribution in [3.8, 4) is 5.75 Å². The Morgan fingerprint density at radius 3 is 2.27 bits per heavy atom. The minimum atomic E-state index is -4.63. The fourth-order valence-electron chi connectivity index (χ4n) is 2.26. The lowest BCUT2D eigenvalue weighted by Crippen LogP contribution is -2.17. The smallest absolute Gasteiger partial charge is 0.416 e. The van der Waals surface area contributed by atoms with E-state index in [-0.39, 0.29) is 35.3 Å². The molecule has 0 aromatic heterocycles. The first-order valence-electron chi connectivity index (χ1n) is 8.43. The predicted molar refractivity (Wildman–Crippen MR) is 99.6 cm³/mol. The molecular formula is C19H17F6NO3S. The van der Waals surface area contributed by atoms with Crippen LogP contribution in [0, 0.1) is 0 Å². The van der Waals surface area contributed by atoms with Gasteiger partial charge in [-0.25, -0.2) is 0 Å². The highest BCUT2D eigenvalue weighted by molar-refractivity contribution is 8.00. The van der Waals surface area contributed by atoms with Gasteiger partial charge in [-0.2, -0.15) is 26.3 Å². The predicted octanol–water partition coefficient (Wildman–Crippen LogP) is 5.48. The Balaban J connectivity index is 2.10. The molecule has 30 heavy (non-hydrogen) atoms. The highest BCUT2D eigenvalue weighted by Crippen LogP contribution is 2.35. The number of thioether (sulfide) groups is 1. The zero-order valence-corrected chi connectivity index (χ0v) is 16.4. The number of carbonyl (C=O) groups is 1. The topological polar surface area (TPSA) is 47.6 Å². The number of halogens is 6. The number of nitrogens with one attached hydrogen (secondary N) is 1. The van der Waals surface area contributed by atoms with Gasteiger partial charge in [-0.3, -0.25) is 4.79 Å². The third-order valence-electron chi connectivity index (χ3n) is 3.66. The second-order valence-electron chi connectivity index (χ2n) is 5.91. The number of rotatable bonds is 8. The van der Waals surface area contributed by atoms with Crippen molar-refractivity contribution in [3.63, 3.8) is 0 Å². The summed E-state index contributed by atoms with van der Waals surface area (Å²) in [5.74, 6) is -1.000. The number of hydrogen-bond donors (Lipinski definition) is 1.